The van der Waals surface area contributed by atoms with Crippen LogP contribution in [0.4, 0.5) is 0 Å². The molecule has 1 aliphatic carbocycles. The number of isocyanates is 1. The standard InChI is InChI=1S/C14H17NO4/c1-17-8-10-4-5-11(13(19-3)12(10)18-2)14(6-7-14)15-9-16/h4-5H,6-8H2,1-3H3. The van der Waals surface area contributed by atoms with Crippen molar-refractivity contribution in [3.05, 3.63) is 23.3 Å². The van der Waals surface area contributed by atoms with Gasteiger partial charge in [0.25, 0.3) is 0 Å². The predicted octanol–water partition coefficient (Wildman–Crippen LogP) is 2.18. The summed E-state index contributed by atoms with van der Waals surface area (Å²) in [6, 6.07) is 3.84. The number of carbonyl (C=O) groups excluding carboxylic acids is 1. The van der Waals surface area contributed by atoms with Crippen molar-refractivity contribution in [2.24, 2.45) is 4.99 Å². The highest BCUT2D eigenvalue weighted by Crippen LogP contribution is 2.54. The Morgan fingerprint density at radius 3 is 2.37 bits per heavy atom. The van der Waals surface area contributed by atoms with Gasteiger partial charge in [-0.1, -0.05) is 12.1 Å². The van der Waals surface area contributed by atoms with Crippen LogP contribution in [0.2, 0.25) is 0 Å². The fourth-order valence-electron chi connectivity index (χ4n) is 2.31. The molecule has 0 saturated heterocycles. The van der Waals surface area contributed by atoms with Gasteiger partial charge in [-0.25, -0.2) is 4.79 Å². The van der Waals surface area contributed by atoms with E-state index < -0.39 is 5.54 Å². The average molecular weight is 263 g/mol. The fraction of sp³-hybridized carbons (Fsp3) is 0.500. The lowest BCUT2D eigenvalue weighted by Crippen LogP contribution is -2.08. The van der Waals surface area contributed by atoms with Crippen LogP contribution < -0.4 is 9.47 Å². The molecular formula is C14H17NO4. The van der Waals surface area contributed by atoms with Crippen LogP contribution in [0.5, 0.6) is 11.5 Å². The molecule has 0 atom stereocenters. The van der Waals surface area contributed by atoms with Crippen molar-refractivity contribution in [2.45, 2.75) is 25.0 Å². The molecule has 102 valence electrons. The van der Waals surface area contributed by atoms with Crippen molar-refractivity contribution in [3.8, 4) is 11.5 Å². The molecule has 0 aromatic heterocycles. The summed E-state index contributed by atoms with van der Waals surface area (Å²) in [5.41, 5.74) is 1.29. The number of nitrogens with zero attached hydrogens (tertiary/aromatic N) is 1. The highest BCUT2D eigenvalue weighted by molar-refractivity contribution is 5.57. The largest absolute Gasteiger partial charge is 0.492 e. The number of aliphatic imine (C=N–C) groups is 1. The predicted molar refractivity (Wildman–Crippen MR) is 69.3 cm³/mol. The zero-order valence-electron chi connectivity index (χ0n) is 11.4. The maximum atomic E-state index is 10.6. The average Bonchev–Trinajstić information content (AvgIpc) is 3.19. The van der Waals surface area contributed by atoms with Gasteiger partial charge in [0.1, 0.15) is 5.54 Å². The van der Waals surface area contributed by atoms with Crippen LogP contribution in [-0.2, 0) is 21.7 Å². The van der Waals surface area contributed by atoms with E-state index in [0.717, 1.165) is 24.0 Å². The van der Waals surface area contributed by atoms with Gasteiger partial charge in [-0.3, -0.25) is 0 Å². The molecule has 0 radical (unpaired) electrons. The molecular weight excluding hydrogens is 246 g/mol. The van der Waals surface area contributed by atoms with Gasteiger partial charge >= 0.3 is 0 Å². The summed E-state index contributed by atoms with van der Waals surface area (Å²) in [5, 5.41) is 0. The molecule has 1 aliphatic rings. The first-order chi connectivity index (χ1) is 9.22. The molecule has 0 heterocycles. The van der Waals surface area contributed by atoms with Crippen molar-refractivity contribution >= 4 is 6.08 Å². The summed E-state index contributed by atoms with van der Waals surface area (Å²) >= 11 is 0. The molecule has 19 heavy (non-hydrogen) atoms. The monoisotopic (exact) mass is 263 g/mol. The maximum Gasteiger partial charge on any atom is 0.235 e. The van der Waals surface area contributed by atoms with E-state index in [1.807, 2.05) is 12.1 Å². The Labute approximate surface area is 112 Å². The molecule has 1 aromatic rings. The number of ether oxygens (including phenoxy) is 3. The van der Waals surface area contributed by atoms with Crippen molar-refractivity contribution in [3.63, 3.8) is 0 Å². The number of rotatable bonds is 6. The topological polar surface area (TPSA) is 57.1 Å². The smallest absolute Gasteiger partial charge is 0.235 e. The lowest BCUT2D eigenvalue weighted by atomic mass is 10.0. The maximum absolute atomic E-state index is 10.6. The number of methoxy groups -OCH3 is 3. The van der Waals surface area contributed by atoms with Crippen molar-refractivity contribution in [1.29, 1.82) is 0 Å². The molecule has 0 aliphatic heterocycles. The number of hydrogen-bond donors (Lipinski definition) is 0. The molecule has 1 saturated carbocycles. The Morgan fingerprint density at radius 2 is 1.89 bits per heavy atom. The lowest BCUT2D eigenvalue weighted by molar-refractivity contribution is 0.180. The van der Waals surface area contributed by atoms with E-state index in [0.29, 0.717) is 18.1 Å². The van der Waals surface area contributed by atoms with E-state index in [1.165, 1.54) is 0 Å². The van der Waals surface area contributed by atoms with Crippen LogP contribution in [0.1, 0.15) is 24.0 Å². The molecule has 0 unspecified atom stereocenters. The third kappa shape index (κ3) is 2.35. The van der Waals surface area contributed by atoms with Crippen LogP contribution in [-0.4, -0.2) is 27.4 Å². The Balaban J connectivity index is 2.54. The number of benzene rings is 1. The first-order valence-electron chi connectivity index (χ1n) is 6.04. The zero-order valence-corrected chi connectivity index (χ0v) is 11.4. The Morgan fingerprint density at radius 1 is 1.21 bits per heavy atom. The molecule has 5 nitrogen and oxygen atoms in total. The number of hydrogen-bond acceptors (Lipinski definition) is 5. The van der Waals surface area contributed by atoms with E-state index in [2.05, 4.69) is 4.99 Å². The molecule has 0 amide bonds. The molecule has 1 fully saturated rings. The third-order valence-corrected chi connectivity index (χ3v) is 3.39. The minimum atomic E-state index is -0.480. The summed E-state index contributed by atoms with van der Waals surface area (Å²) in [6.45, 7) is 0.434. The van der Waals surface area contributed by atoms with Crippen LogP contribution in [0.3, 0.4) is 0 Å². The van der Waals surface area contributed by atoms with Gasteiger partial charge in [0.15, 0.2) is 11.5 Å². The lowest BCUT2D eigenvalue weighted by Gasteiger charge is -2.19. The summed E-state index contributed by atoms with van der Waals surface area (Å²) in [5.74, 6) is 1.25. The Bertz CT molecular complexity index is 516. The summed E-state index contributed by atoms with van der Waals surface area (Å²) in [6.07, 6.45) is 3.30. The highest BCUT2D eigenvalue weighted by Gasteiger charge is 2.47. The van der Waals surface area contributed by atoms with Gasteiger partial charge in [0, 0.05) is 18.2 Å². The minimum absolute atomic E-state index is 0.434. The van der Waals surface area contributed by atoms with Gasteiger partial charge < -0.3 is 14.2 Å². The molecule has 0 spiro atoms. The third-order valence-electron chi connectivity index (χ3n) is 3.39. The second kappa shape index (κ2) is 5.43. The second-order valence-electron chi connectivity index (χ2n) is 4.51. The van der Waals surface area contributed by atoms with Crippen LogP contribution in [0.15, 0.2) is 17.1 Å². The van der Waals surface area contributed by atoms with Crippen LogP contribution >= 0.6 is 0 Å². The molecule has 1 aromatic carbocycles. The van der Waals surface area contributed by atoms with Gasteiger partial charge in [-0.2, -0.15) is 4.99 Å². The first kappa shape index (κ1) is 13.6. The fourth-order valence-corrected chi connectivity index (χ4v) is 2.31. The zero-order chi connectivity index (χ0) is 13.9. The second-order valence-corrected chi connectivity index (χ2v) is 4.51. The Kier molecular flexibility index (Phi) is 3.88. The van der Waals surface area contributed by atoms with Gasteiger partial charge in [-0.15, -0.1) is 0 Å². The summed E-state index contributed by atoms with van der Waals surface area (Å²) < 4.78 is 16.0. The van der Waals surface area contributed by atoms with Crippen LogP contribution in [0.25, 0.3) is 0 Å². The molecule has 5 heteroatoms. The van der Waals surface area contributed by atoms with Crippen molar-refractivity contribution in [2.75, 3.05) is 21.3 Å². The van der Waals surface area contributed by atoms with E-state index in [4.69, 9.17) is 14.2 Å². The van der Waals surface area contributed by atoms with Crippen molar-refractivity contribution < 1.29 is 19.0 Å². The summed E-state index contributed by atoms with van der Waals surface area (Å²) in [4.78, 5) is 14.5. The first-order valence-corrected chi connectivity index (χ1v) is 6.04. The van der Waals surface area contributed by atoms with Crippen molar-refractivity contribution in [1.82, 2.24) is 0 Å². The van der Waals surface area contributed by atoms with Gasteiger partial charge in [0.2, 0.25) is 6.08 Å². The van der Waals surface area contributed by atoms with Gasteiger partial charge in [0.05, 0.1) is 20.8 Å². The van der Waals surface area contributed by atoms with Gasteiger partial charge in [-0.05, 0) is 12.8 Å². The summed E-state index contributed by atoms with van der Waals surface area (Å²) in [7, 11) is 4.79. The minimum Gasteiger partial charge on any atom is -0.492 e. The van der Waals surface area contributed by atoms with Crippen LogP contribution in [0, 0.1) is 0 Å². The molecule has 2 rings (SSSR count). The molecule has 0 N–H and O–H groups in total. The van der Waals surface area contributed by atoms with E-state index in [-0.39, 0.29) is 0 Å². The van der Waals surface area contributed by atoms with E-state index >= 15 is 0 Å². The SMILES string of the molecule is COCc1ccc(C2(N=C=O)CC2)c(OC)c1OC. The quantitative estimate of drug-likeness (QED) is 0.583. The Hall–Kier alpha value is -1.84. The highest BCUT2D eigenvalue weighted by atomic mass is 16.5. The van der Waals surface area contributed by atoms with E-state index in [1.54, 1.807) is 27.4 Å². The molecule has 0 bridgehead atoms. The van der Waals surface area contributed by atoms with E-state index in [9.17, 15) is 4.79 Å². The normalized spacial score (nSPS) is 15.5.